The maximum absolute atomic E-state index is 11.6. The van der Waals surface area contributed by atoms with Crippen LogP contribution in [0.2, 0.25) is 0 Å². The molecular formula is C14H23NO4. The van der Waals surface area contributed by atoms with Gasteiger partial charge in [0.2, 0.25) is 5.91 Å². The molecule has 4 unspecified atom stereocenters. The number of amides is 1. The van der Waals surface area contributed by atoms with Gasteiger partial charge >= 0.3 is 5.97 Å². The summed E-state index contributed by atoms with van der Waals surface area (Å²) in [6.07, 6.45) is 5.64. The molecule has 2 aliphatic carbocycles. The zero-order valence-corrected chi connectivity index (χ0v) is 11.4. The first-order valence-electron chi connectivity index (χ1n) is 7.21. The highest BCUT2D eigenvalue weighted by atomic mass is 16.5. The van der Waals surface area contributed by atoms with Crippen LogP contribution in [0.5, 0.6) is 0 Å². The van der Waals surface area contributed by atoms with Crippen LogP contribution >= 0.6 is 0 Å². The number of nitrogens with one attached hydrogen (secondary N) is 1. The first-order chi connectivity index (χ1) is 9.09. The third kappa shape index (κ3) is 3.93. The number of carbonyl (C=O) groups is 2. The van der Waals surface area contributed by atoms with Crippen molar-refractivity contribution < 1.29 is 19.4 Å². The Morgan fingerprint density at radius 3 is 2.63 bits per heavy atom. The van der Waals surface area contributed by atoms with Crippen molar-refractivity contribution in [2.45, 2.75) is 45.1 Å². The topological polar surface area (TPSA) is 75.6 Å². The van der Waals surface area contributed by atoms with Gasteiger partial charge in [0, 0.05) is 6.54 Å². The van der Waals surface area contributed by atoms with Gasteiger partial charge in [-0.25, -0.2) is 0 Å². The van der Waals surface area contributed by atoms with E-state index in [0.717, 1.165) is 6.42 Å². The van der Waals surface area contributed by atoms with Crippen molar-refractivity contribution in [3.63, 3.8) is 0 Å². The monoisotopic (exact) mass is 269 g/mol. The van der Waals surface area contributed by atoms with E-state index in [4.69, 9.17) is 9.84 Å². The van der Waals surface area contributed by atoms with Crippen LogP contribution in [-0.2, 0) is 14.3 Å². The van der Waals surface area contributed by atoms with Crippen LogP contribution in [0, 0.1) is 17.8 Å². The normalized spacial score (nSPS) is 33.7. The van der Waals surface area contributed by atoms with Crippen LogP contribution in [0.1, 0.15) is 39.0 Å². The predicted molar refractivity (Wildman–Crippen MR) is 69.6 cm³/mol. The quantitative estimate of drug-likeness (QED) is 0.715. The fraction of sp³-hybridized carbons (Fsp3) is 0.857. The smallest absolute Gasteiger partial charge is 0.307 e. The number of hydrogen-bond donors (Lipinski definition) is 2. The molecule has 108 valence electrons. The number of carbonyl (C=O) groups excluding carboxylic acids is 1. The van der Waals surface area contributed by atoms with E-state index in [1.54, 1.807) is 0 Å². The summed E-state index contributed by atoms with van der Waals surface area (Å²) in [5.41, 5.74) is 0. The molecule has 2 rings (SSSR count). The standard InChI is InChI=1S/C14H23NO4/c1-9-4-2-3-5-12(9)19-7-6-15-13(16)10-8-11(10)14(17)18/h9-12H,2-8H2,1H3,(H,15,16)(H,17,18). The van der Waals surface area contributed by atoms with Crippen molar-refractivity contribution in [2.75, 3.05) is 13.2 Å². The summed E-state index contributed by atoms with van der Waals surface area (Å²) in [6.45, 7) is 3.21. The molecule has 0 spiro atoms. The van der Waals surface area contributed by atoms with Crippen molar-refractivity contribution in [2.24, 2.45) is 17.8 Å². The molecule has 0 aliphatic heterocycles. The second kappa shape index (κ2) is 6.37. The van der Waals surface area contributed by atoms with E-state index in [-0.39, 0.29) is 11.8 Å². The van der Waals surface area contributed by atoms with Crippen LogP contribution in [-0.4, -0.2) is 36.2 Å². The van der Waals surface area contributed by atoms with Crippen LogP contribution in [0.4, 0.5) is 0 Å². The maximum Gasteiger partial charge on any atom is 0.307 e. The molecule has 2 saturated carbocycles. The largest absolute Gasteiger partial charge is 0.481 e. The number of rotatable bonds is 6. The molecular weight excluding hydrogens is 246 g/mol. The van der Waals surface area contributed by atoms with Crippen LogP contribution in [0.3, 0.4) is 0 Å². The van der Waals surface area contributed by atoms with E-state index in [9.17, 15) is 9.59 Å². The average molecular weight is 269 g/mol. The Morgan fingerprint density at radius 2 is 2.00 bits per heavy atom. The lowest BCUT2D eigenvalue weighted by Gasteiger charge is -2.28. The Kier molecular flexibility index (Phi) is 4.80. The second-order valence-corrected chi connectivity index (χ2v) is 5.75. The molecule has 0 radical (unpaired) electrons. The lowest BCUT2D eigenvalue weighted by atomic mass is 9.88. The zero-order valence-electron chi connectivity index (χ0n) is 11.4. The average Bonchev–Trinajstić information content (AvgIpc) is 3.16. The first kappa shape index (κ1) is 14.3. The molecule has 2 aliphatic rings. The van der Waals surface area contributed by atoms with Gasteiger partial charge in [-0.05, 0) is 25.2 Å². The fourth-order valence-electron chi connectivity index (χ4n) is 2.80. The Hall–Kier alpha value is -1.10. The van der Waals surface area contributed by atoms with Crippen molar-refractivity contribution in [1.82, 2.24) is 5.32 Å². The third-order valence-corrected chi connectivity index (χ3v) is 4.21. The first-order valence-corrected chi connectivity index (χ1v) is 7.21. The predicted octanol–water partition coefficient (Wildman–Crippen LogP) is 1.42. The number of carboxylic acid groups (broad SMARTS) is 1. The van der Waals surface area contributed by atoms with Crippen molar-refractivity contribution in [1.29, 1.82) is 0 Å². The molecule has 5 heteroatoms. The van der Waals surface area contributed by atoms with Gasteiger partial charge in [-0.15, -0.1) is 0 Å². The minimum absolute atomic E-state index is 0.146. The Balaban J connectivity index is 1.57. The van der Waals surface area contributed by atoms with Gasteiger partial charge in [-0.1, -0.05) is 19.8 Å². The van der Waals surface area contributed by atoms with Crippen molar-refractivity contribution in [3.05, 3.63) is 0 Å². The zero-order chi connectivity index (χ0) is 13.8. The SMILES string of the molecule is CC1CCCCC1OCCNC(=O)C1CC1C(=O)O. The number of ether oxygens (including phenoxy) is 1. The van der Waals surface area contributed by atoms with Gasteiger partial charge in [-0.2, -0.15) is 0 Å². The lowest BCUT2D eigenvalue weighted by molar-refractivity contribution is -0.140. The Bertz CT molecular complexity index is 344. The summed E-state index contributed by atoms with van der Waals surface area (Å²) < 4.78 is 5.79. The molecule has 0 aromatic carbocycles. The van der Waals surface area contributed by atoms with Gasteiger partial charge in [0.1, 0.15) is 0 Å². The molecule has 4 atom stereocenters. The molecule has 1 amide bonds. The van der Waals surface area contributed by atoms with Crippen LogP contribution in [0.15, 0.2) is 0 Å². The number of hydrogen-bond acceptors (Lipinski definition) is 3. The molecule has 0 saturated heterocycles. The lowest BCUT2D eigenvalue weighted by Crippen LogP contribution is -2.33. The highest BCUT2D eigenvalue weighted by Gasteiger charge is 2.48. The fourth-order valence-corrected chi connectivity index (χ4v) is 2.80. The molecule has 0 bridgehead atoms. The Morgan fingerprint density at radius 1 is 1.26 bits per heavy atom. The van der Waals surface area contributed by atoms with E-state index in [1.165, 1.54) is 19.3 Å². The van der Waals surface area contributed by atoms with E-state index in [2.05, 4.69) is 12.2 Å². The van der Waals surface area contributed by atoms with E-state index >= 15 is 0 Å². The summed E-state index contributed by atoms with van der Waals surface area (Å²) in [7, 11) is 0. The summed E-state index contributed by atoms with van der Waals surface area (Å²) >= 11 is 0. The van der Waals surface area contributed by atoms with Crippen molar-refractivity contribution >= 4 is 11.9 Å². The van der Waals surface area contributed by atoms with E-state index < -0.39 is 11.9 Å². The number of carboxylic acids is 1. The molecule has 2 fully saturated rings. The molecule has 5 nitrogen and oxygen atoms in total. The highest BCUT2D eigenvalue weighted by molar-refractivity contribution is 5.89. The minimum Gasteiger partial charge on any atom is -0.481 e. The van der Waals surface area contributed by atoms with Gasteiger partial charge in [0.25, 0.3) is 0 Å². The van der Waals surface area contributed by atoms with Crippen LogP contribution < -0.4 is 5.32 Å². The minimum atomic E-state index is -0.868. The molecule has 0 aromatic heterocycles. The van der Waals surface area contributed by atoms with Gasteiger partial charge in [-0.3, -0.25) is 9.59 Å². The summed E-state index contributed by atoms with van der Waals surface area (Å²) in [4.78, 5) is 22.2. The Labute approximate surface area is 113 Å². The number of aliphatic carboxylic acids is 1. The molecule has 0 aromatic rings. The van der Waals surface area contributed by atoms with Crippen LogP contribution in [0.25, 0.3) is 0 Å². The van der Waals surface area contributed by atoms with Gasteiger partial charge in [0.05, 0.1) is 24.5 Å². The summed E-state index contributed by atoms with van der Waals surface area (Å²) in [5, 5.41) is 11.5. The highest BCUT2D eigenvalue weighted by Crippen LogP contribution is 2.38. The molecule has 0 heterocycles. The maximum atomic E-state index is 11.6. The molecule has 19 heavy (non-hydrogen) atoms. The summed E-state index contributed by atoms with van der Waals surface area (Å²) in [6, 6.07) is 0. The van der Waals surface area contributed by atoms with Crippen molar-refractivity contribution in [3.8, 4) is 0 Å². The molecule has 2 N–H and O–H groups in total. The second-order valence-electron chi connectivity index (χ2n) is 5.75. The van der Waals surface area contributed by atoms with Gasteiger partial charge < -0.3 is 15.2 Å². The van der Waals surface area contributed by atoms with Gasteiger partial charge in [0.15, 0.2) is 0 Å². The van der Waals surface area contributed by atoms with E-state index in [0.29, 0.717) is 31.6 Å². The van der Waals surface area contributed by atoms with E-state index in [1.807, 2.05) is 0 Å². The third-order valence-electron chi connectivity index (χ3n) is 4.21. The summed E-state index contributed by atoms with van der Waals surface area (Å²) in [5.74, 6) is -1.21.